The summed E-state index contributed by atoms with van der Waals surface area (Å²) in [5, 5.41) is 9.01. The van der Waals surface area contributed by atoms with E-state index in [9.17, 15) is 9.18 Å². The Balaban J connectivity index is 1.87. The van der Waals surface area contributed by atoms with E-state index in [1.165, 1.54) is 0 Å². The lowest BCUT2D eigenvalue weighted by molar-refractivity contribution is -0.144. The molecule has 1 aliphatic carbocycles. The zero-order valence-corrected chi connectivity index (χ0v) is 9.57. The van der Waals surface area contributed by atoms with Crippen molar-refractivity contribution in [2.24, 2.45) is 5.92 Å². The van der Waals surface area contributed by atoms with E-state index < -0.39 is 12.1 Å². The number of nitrogens with zero attached hydrogens (tertiary/aromatic N) is 1. The number of piperidine rings is 1. The number of rotatable bonds is 2. The van der Waals surface area contributed by atoms with E-state index >= 15 is 0 Å². The van der Waals surface area contributed by atoms with Crippen LogP contribution in [0.4, 0.5) is 4.39 Å². The Kier molecular flexibility index (Phi) is 3.79. The van der Waals surface area contributed by atoms with Gasteiger partial charge < -0.3 is 5.11 Å². The minimum Gasteiger partial charge on any atom is -0.481 e. The van der Waals surface area contributed by atoms with Gasteiger partial charge in [-0.3, -0.25) is 9.69 Å². The first-order chi connectivity index (χ1) is 7.66. The quantitative estimate of drug-likeness (QED) is 0.788. The minimum atomic E-state index is -0.677. The van der Waals surface area contributed by atoms with E-state index in [1.54, 1.807) is 0 Å². The second kappa shape index (κ2) is 5.13. The number of halogens is 1. The monoisotopic (exact) mass is 229 g/mol. The van der Waals surface area contributed by atoms with Crippen LogP contribution in [0.1, 0.15) is 38.5 Å². The Bertz CT molecular complexity index is 251. The van der Waals surface area contributed by atoms with Crippen molar-refractivity contribution >= 4 is 5.97 Å². The molecule has 92 valence electrons. The van der Waals surface area contributed by atoms with E-state index in [2.05, 4.69) is 4.90 Å². The molecule has 1 heterocycles. The summed E-state index contributed by atoms with van der Waals surface area (Å²) in [5.74, 6) is -0.888. The second-order valence-corrected chi connectivity index (χ2v) is 5.08. The van der Waals surface area contributed by atoms with E-state index in [4.69, 9.17) is 5.11 Å². The van der Waals surface area contributed by atoms with Crippen LogP contribution in [0.25, 0.3) is 0 Å². The van der Waals surface area contributed by atoms with Gasteiger partial charge in [0.25, 0.3) is 0 Å². The van der Waals surface area contributed by atoms with Gasteiger partial charge >= 0.3 is 5.97 Å². The molecule has 16 heavy (non-hydrogen) atoms. The van der Waals surface area contributed by atoms with E-state index in [0.29, 0.717) is 25.4 Å². The van der Waals surface area contributed by atoms with Gasteiger partial charge in [0.05, 0.1) is 5.92 Å². The van der Waals surface area contributed by atoms with Gasteiger partial charge in [0.1, 0.15) is 6.17 Å². The lowest BCUT2D eigenvalue weighted by Crippen LogP contribution is -2.46. The standard InChI is InChI=1S/C12H20FNO2/c13-10-3-5-11(6-4-10)14-7-1-2-9(8-14)12(15)16/h9-11H,1-8H2,(H,15,16). The molecule has 1 unspecified atom stereocenters. The Morgan fingerprint density at radius 1 is 1.19 bits per heavy atom. The van der Waals surface area contributed by atoms with E-state index in [-0.39, 0.29) is 5.92 Å². The largest absolute Gasteiger partial charge is 0.481 e. The zero-order chi connectivity index (χ0) is 11.5. The van der Waals surface area contributed by atoms with Crippen molar-refractivity contribution in [2.75, 3.05) is 13.1 Å². The number of carboxylic acid groups (broad SMARTS) is 1. The van der Waals surface area contributed by atoms with Crippen molar-refractivity contribution < 1.29 is 14.3 Å². The van der Waals surface area contributed by atoms with Crippen molar-refractivity contribution in [1.82, 2.24) is 4.90 Å². The highest BCUT2D eigenvalue weighted by molar-refractivity contribution is 5.70. The van der Waals surface area contributed by atoms with Gasteiger partial charge in [0, 0.05) is 12.6 Å². The fraction of sp³-hybridized carbons (Fsp3) is 0.917. The Morgan fingerprint density at radius 3 is 2.50 bits per heavy atom. The van der Waals surface area contributed by atoms with Crippen molar-refractivity contribution in [3.05, 3.63) is 0 Å². The van der Waals surface area contributed by atoms with Crippen LogP contribution in [0.5, 0.6) is 0 Å². The highest BCUT2D eigenvalue weighted by Crippen LogP contribution is 2.28. The van der Waals surface area contributed by atoms with Crippen molar-refractivity contribution in [3.8, 4) is 0 Å². The maximum atomic E-state index is 13.0. The average Bonchev–Trinajstić information content (AvgIpc) is 2.30. The molecule has 0 aromatic rings. The Labute approximate surface area is 95.6 Å². The van der Waals surface area contributed by atoms with Crippen LogP contribution in [0.3, 0.4) is 0 Å². The summed E-state index contributed by atoms with van der Waals surface area (Å²) in [7, 11) is 0. The lowest BCUT2D eigenvalue weighted by Gasteiger charge is -2.39. The summed E-state index contributed by atoms with van der Waals surface area (Å²) >= 11 is 0. The molecule has 0 aromatic heterocycles. The van der Waals surface area contributed by atoms with Gasteiger partial charge in [-0.1, -0.05) is 0 Å². The first-order valence-electron chi connectivity index (χ1n) is 6.27. The summed E-state index contributed by atoms with van der Waals surface area (Å²) in [6.45, 7) is 1.66. The molecule has 1 saturated carbocycles. The molecule has 2 fully saturated rings. The number of alkyl halides is 1. The van der Waals surface area contributed by atoms with Gasteiger partial charge in [0.2, 0.25) is 0 Å². The third-order valence-corrected chi connectivity index (χ3v) is 3.94. The molecule has 0 aromatic carbocycles. The molecule has 1 saturated heterocycles. The fourth-order valence-electron chi connectivity index (χ4n) is 2.94. The summed E-state index contributed by atoms with van der Waals surface area (Å²) in [6.07, 6.45) is 4.23. The third-order valence-electron chi connectivity index (χ3n) is 3.94. The maximum absolute atomic E-state index is 13.0. The van der Waals surface area contributed by atoms with Gasteiger partial charge in [0.15, 0.2) is 0 Å². The number of hydrogen-bond acceptors (Lipinski definition) is 2. The molecule has 0 bridgehead atoms. The molecule has 1 aliphatic heterocycles. The Hall–Kier alpha value is -0.640. The summed E-state index contributed by atoms with van der Waals surface area (Å²) in [4.78, 5) is 13.2. The topological polar surface area (TPSA) is 40.5 Å². The Morgan fingerprint density at radius 2 is 1.88 bits per heavy atom. The molecule has 2 rings (SSSR count). The number of aliphatic carboxylic acids is 1. The number of carbonyl (C=O) groups is 1. The first kappa shape index (κ1) is 11.8. The molecule has 1 atom stereocenters. The van der Waals surface area contributed by atoms with Crippen LogP contribution >= 0.6 is 0 Å². The highest BCUT2D eigenvalue weighted by Gasteiger charge is 2.31. The first-order valence-corrected chi connectivity index (χ1v) is 6.27. The van der Waals surface area contributed by atoms with Crippen molar-refractivity contribution in [1.29, 1.82) is 0 Å². The maximum Gasteiger partial charge on any atom is 0.307 e. The minimum absolute atomic E-state index is 0.211. The SMILES string of the molecule is O=C(O)C1CCCN(C2CCC(F)CC2)C1. The predicted molar refractivity (Wildman–Crippen MR) is 59.1 cm³/mol. The molecule has 1 N–H and O–H groups in total. The van der Waals surface area contributed by atoms with Crippen LogP contribution in [0, 0.1) is 5.92 Å². The summed E-state index contributed by atoms with van der Waals surface area (Å²) in [6, 6.07) is 0.425. The number of hydrogen-bond donors (Lipinski definition) is 1. The molecular weight excluding hydrogens is 209 g/mol. The second-order valence-electron chi connectivity index (χ2n) is 5.08. The van der Waals surface area contributed by atoms with Crippen LogP contribution in [-0.4, -0.2) is 41.3 Å². The zero-order valence-electron chi connectivity index (χ0n) is 9.57. The van der Waals surface area contributed by atoms with E-state index in [0.717, 1.165) is 32.2 Å². The molecule has 2 aliphatic rings. The van der Waals surface area contributed by atoms with Crippen LogP contribution in [-0.2, 0) is 4.79 Å². The van der Waals surface area contributed by atoms with Gasteiger partial charge in [-0.15, -0.1) is 0 Å². The van der Waals surface area contributed by atoms with Crippen LogP contribution < -0.4 is 0 Å². The average molecular weight is 229 g/mol. The van der Waals surface area contributed by atoms with Gasteiger partial charge in [-0.2, -0.15) is 0 Å². The number of likely N-dealkylation sites (tertiary alicyclic amines) is 1. The van der Waals surface area contributed by atoms with Crippen LogP contribution in [0.15, 0.2) is 0 Å². The van der Waals surface area contributed by atoms with E-state index in [1.807, 2.05) is 0 Å². The molecule has 0 amide bonds. The molecule has 4 heteroatoms. The van der Waals surface area contributed by atoms with Crippen LogP contribution in [0.2, 0.25) is 0 Å². The molecule has 0 spiro atoms. The van der Waals surface area contributed by atoms with Gasteiger partial charge in [-0.25, -0.2) is 4.39 Å². The normalized spacial score (nSPS) is 37.2. The lowest BCUT2D eigenvalue weighted by atomic mass is 9.89. The smallest absolute Gasteiger partial charge is 0.307 e. The predicted octanol–water partition coefficient (Wildman–Crippen LogP) is 2.06. The molecular formula is C12H20FNO2. The summed E-state index contributed by atoms with van der Waals surface area (Å²) < 4.78 is 13.0. The van der Waals surface area contributed by atoms with Gasteiger partial charge in [-0.05, 0) is 45.1 Å². The van der Waals surface area contributed by atoms with Crippen molar-refractivity contribution in [3.63, 3.8) is 0 Å². The number of carboxylic acids is 1. The highest BCUT2D eigenvalue weighted by atomic mass is 19.1. The fourth-order valence-corrected chi connectivity index (χ4v) is 2.94. The van der Waals surface area contributed by atoms with Crippen molar-refractivity contribution in [2.45, 2.75) is 50.7 Å². The third kappa shape index (κ3) is 2.73. The summed E-state index contributed by atoms with van der Waals surface area (Å²) in [5.41, 5.74) is 0. The molecule has 3 nitrogen and oxygen atoms in total. The molecule has 0 radical (unpaired) electrons.